The number of pyridine rings is 1. The lowest BCUT2D eigenvalue weighted by atomic mass is 10.0. The Balaban J connectivity index is 1.64. The number of rotatable bonds is 2. The Kier molecular flexibility index (Phi) is 3.39. The van der Waals surface area contributed by atoms with E-state index in [1.807, 2.05) is 18.2 Å². The van der Waals surface area contributed by atoms with Gasteiger partial charge in [0.25, 0.3) is 0 Å². The summed E-state index contributed by atoms with van der Waals surface area (Å²) in [6, 6.07) is 9.24. The number of anilines is 1. The van der Waals surface area contributed by atoms with Crippen LogP contribution in [0.3, 0.4) is 0 Å². The summed E-state index contributed by atoms with van der Waals surface area (Å²) >= 11 is 0. The molecule has 115 valence electrons. The summed E-state index contributed by atoms with van der Waals surface area (Å²) in [6.45, 7) is 3.21. The number of aromatic nitrogens is 1. The second-order valence-electron chi connectivity index (χ2n) is 5.73. The Hall–Kier alpha value is -1.85. The minimum Gasteiger partial charge on any atom is -0.497 e. The third kappa shape index (κ3) is 2.30. The van der Waals surface area contributed by atoms with Gasteiger partial charge in [-0.05, 0) is 18.2 Å². The van der Waals surface area contributed by atoms with Crippen LogP contribution in [0, 0.1) is 6.07 Å². The Morgan fingerprint density at radius 2 is 2.00 bits per heavy atom. The number of hydrogen-bond donors (Lipinski definition) is 0. The maximum Gasteiger partial charge on any atom is 0.171 e. The van der Waals surface area contributed by atoms with Crippen molar-refractivity contribution in [3.05, 3.63) is 30.5 Å². The van der Waals surface area contributed by atoms with Crippen molar-refractivity contribution in [3.63, 3.8) is 0 Å². The van der Waals surface area contributed by atoms with Crippen LogP contribution in [0.4, 0.5) is 5.69 Å². The Morgan fingerprint density at radius 1 is 1.23 bits per heavy atom. The minimum atomic E-state index is -0.350. The van der Waals surface area contributed by atoms with E-state index in [0.717, 1.165) is 48.3 Å². The summed E-state index contributed by atoms with van der Waals surface area (Å²) in [5.41, 5.74) is 2.04. The Bertz CT molecular complexity index is 673. The molecular formula is C17H19N2O3. The number of piperidine rings is 1. The monoisotopic (exact) mass is 299 g/mol. The first-order valence-corrected chi connectivity index (χ1v) is 7.67. The molecule has 1 radical (unpaired) electrons. The second-order valence-corrected chi connectivity index (χ2v) is 5.73. The lowest BCUT2D eigenvalue weighted by Crippen LogP contribution is -2.45. The van der Waals surface area contributed by atoms with Crippen LogP contribution in [0.1, 0.15) is 12.8 Å². The van der Waals surface area contributed by atoms with E-state index in [0.29, 0.717) is 13.2 Å². The number of ether oxygens (including phenoxy) is 3. The lowest BCUT2D eigenvalue weighted by Gasteiger charge is -2.38. The second kappa shape index (κ2) is 5.41. The molecule has 4 rings (SSSR count). The Morgan fingerprint density at radius 3 is 2.73 bits per heavy atom. The van der Waals surface area contributed by atoms with Crippen LogP contribution in [0.5, 0.6) is 5.75 Å². The van der Waals surface area contributed by atoms with Gasteiger partial charge in [-0.25, -0.2) is 0 Å². The first kappa shape index (κ1) is 13.8. The molecule has 2 fully saturated rings. The average molecular weight is 299 g/mol. The van der Waals surface area contributed by atoms with Gasteiger partial charge >= 0.3 is 0 Å². The molecule has 22 heavy (non-hydrogen) atoms. The molecule has 0 saturated carbocycles. The zero-order chi connectivity index (χ0) is 15.0. The van der Waals surface area contributed by atoms with Crippen LogP contribution < -0.4 is 9.64 Å². The highest BCUT2D eigenvalue weighted by molar-refractivity contribution is 5.92. The van der Waals surface area contributed by atoms with Gasteiger partial charge in [-0.2, -0.15) is 0 Å². The largest absolute Gasteiger partial charge is 0.497 e. The van der Waals surface area contributed by atoms with E-state index in [4.69, 9.17) is 14.2 Å². The van der Waals surface area contributed by atoms with Crippen molar-refractivity contribution in [1.29, 1.82) is 0 Å². The predicted molar refractivity (Wildman–Crippen MR) is 83.2 cm³/mol. The molecule has 1 aromatic heterocycles. The molecule has 0 unspecified atom stereocenters. The fraction of sp³-hybridized carbons (Fsp3) is 0.471. The zero-order valence-corrected chi connectivity index (χ0v) is 12.7. The van der Waals surface area contributed by atoms with Gasteiger partial charge in [0.15, 0.2) is 5.79 Å². The average Bonchev–Trinajstić information content (AvgIpc) is 3.03. The standard InChI is InChI=1S/C17H19N2O3/c1-20-13-2-3-15-14(12-13)16(4-7-18-15)19-8-5-17(6-9-19)21-10-11-22-17/h2-3,7,12H,5-6,8-11H2,1H3. The molecule has 0 amide bonds. The third-order valence-corrected chi connectivity index (χ3v) is 4.52. The van der Waals surface area contributed by atoms with Crippen molar-refractivity contribution in [1.82, 2.24) is 4.98 Å². The summed E-state index contributed by atoms with van der Waals surface area (Å²) in [5.74, 6) is 0.489. The van der Waals surface area contributed by atoms with Gasteiger partial charge in [0.1, 0.15) is 5.75 Å². The van der Waals surface area contributed by atoms with Crippen molar-refractivity contribution in [2.75, 3.05) is 38.3 Å². The smallest absolute Gasteiger partial charge is 0.171 e. The molecule has 2 saturated heterocycles. The predicted octanol–water partition coefficient (Wildman–Crippen LogP) is 2.39. The normalized spacial score (nSPS) is 20.7. The van der Waals surface area contributed by atoms with Crippen molar-refractivity contribution < 1.29 is 14.2 Å². The Labute approximate surface area is 129 Å². The summed E-state index contributed by atoms with van der Waals surface area (Å²) in [5, 5.41) is 1.08. The van der Waals surface area contributed by atoms with Crippen molar-refractivity contribution >= 4 is 16.6 Å². The fourth-order valence-corrected chi connectivity index (χ4v) is 3.30. The van der Waals surface area contributed by atoms with E-state index >= 15 is 0 Å². The highest BCUT2D eigenvalue weighted by atomic mass is 16.7. The highest BCUT2D eigenvalue weighted by Gasteiger charge is 2.40. The van der Waals surface area contributed by atoms with E-state index in [9.17, 15) is 0 Å². The number of fused-ring (bicyclic) bond motifs is 1. The molecule has 3 heterocycles. The molecule has 1 spiro atoms. The number of benzene rings is 1. The molecule has 0 atom stereocenters. The number of hydrogen-bond acceptors (Lipinski definition) is 5. The van der Waals surface area contributed by atoms with E-state index in [1.165, 1.54) is 0 Å². The van der Waals surface area contributed by atoms with Gasteiger partial charge in [-0.1, -0.05) is 0 Å². The van der Waals surface area contributed by atoms with Gasteiger partial charge in [-0.3, -0.25) is 4.98 Å². The van der Waals surface area contributed by atoms with Gasteiger partial charge in [0.2, 0.25) is 0 Å². The maximum atomic E-state index is 5.80. The van der Waals surface area contributed by atoms with Crippen molar-refractivity contribution in [2.45, 2.75) is 18.6 Å². The number of nitrogens with zero attached hydrogens (tertiary/aromatic N) is 2. The van der Waals surface area contributed by atoms with Crippen molar-refractivity contribution in [3.8, 4) is 5.75 Å². The summed E-state index contributed by atoms with van der Waals surface area (Å²) in [6.07, 6.45) is 3.51. The van der Waals surface area contributed by atoms with Gasteiger partial charge in [0.05, 0.1) is 31.5 Å². The van der Waals surface area contributed by atoms with Crippen LogP contribution in [0.2, 0.25) is 0 Å². The SMILES string of the molecule is COc1ccc2nc[c]c(N3CCC4(CC3)OCCO4)c2c1. The van der Waals surface area contributed by atoms with Gasteiger partial charge in [0, 0.05) is 43.6 Å². The molecule has 0 N–H and O–H groups in total. The third-order valence-electron chi connectivity index (χ3n) is 4.52. The quantitative estimate of drug-likeness (QED) is 0.852. The number of methoxy groups -OCH3 is 1. The van der Waals surface area contributed by atoms with Crippen LogP contribution in [0.25, 0.3) is 10.9 Å². The molecule has 0 aliphatic carbocycles. The molecule has 5 heteroatoms. The van der Waals surface area contributed by atoms with E-state index in [1.54, 1.807) is 13.3 Å². The molecule has 2 aliphatic rings. The van der Waals surface area contributed by atoms with Gasteiger partial charge in [-0.15, -0.1) is 0 Å². The van der Waals surface area contributed by atoms with Gasteiger partial charge < -0.3 is 19.1 Å². The fourth-order valence-electron chi connectivity index (χ4n) is 3.30. The van der Waals surface area contributed by atoms with E-state index in [-0.39, 0.29) is 5.79 Å². The molecule has 1 aromatic carbocycles. The van der Waals surface area contributed by atoms with E-state index < -0.39 is 0 Å². The van der Waals surface area contributed by atoms with Crippen LogP contribution in [-0.4, -0.2) is 44.2 Å². The van der Waals surface area contributed by atoms with Crippen molar-refractivity contribution in [2.24, 2.45) is 0 Å². The molecule has 2 aromatic rings. The minimum absolute atomic E-state index is 0.350. The van der Waals surface area contributed by atoms with Crippen LogP contribution in [-0.2, 0) is 9.47 Å². The molecular weight excluding hydrogens is 280 g/mol. The first-order valence-electron chi connectivity index (χ1n) is 7.67. The van der Waals surface area contributed by atoms with Crippen LogP contribution in [0.15, 0.2) is 24.4 Å². The maximum absolute atomic E-state index is 5.80. The molecule has 0 bridgehead atoms. The van der Waals surface area contributed by atoms with E-state index in [2.05, 4.69) is 16.0 Å². The summed E-state index contributed by atoms with van der Waals surface area (Å²) in [7, 11) is 1.68. The molecule has 2 aliphatic heterocycles. The first-order chi connectivity index (χ1) is 10.8. The topological polar surface area (TPSA) is 43.8 Å². The zero-order valence-electron chi connectivity index (χ0n) is 12.7. The summed E-state index contributed by atoms with van der Waals surface area (Å²) in [4.78, 5) is 6.73. The molecule has 5 nitrogen and oxygen atoms in total. The van der Waals surface area contributed by atoms with Crippen LogP contribution >= 0.6 is 0 Å². The lowest BCUT2D eigenvalue weighted by molar-refractivity contribution is -0.169. The summed E-state index contributed by atoms with van der Waals surface area (Å²) < 4.78 is 16.9. The highest BCUT2D eigenvalue weighted by Crippen LogP contribution is 2.35.